The Morgan fingerprint density at radius 2 is 1.85 bits per heavy atom. The van der Waals surface area contributed by atoms with Gasteiger partial charge in [0.25, 0.3) is 0 Å². The maximum Gasteiger partial charge on any atom is 0.338 e. The third kappa shape index (κ3) is 4.40. The molecule has 0 aromatic heterocycles. The number of carbonyl (C=O) groups is 3. The number of anilines is 1. The van der Waals surface area contributed by atoms with Gasteiger partial charge in [-0.15, -0.1) is 0 Å². The number of nitrogens with one attached hydrogen (secondary N) is 3. The molecule has 2 fully saturated rings. The molecular formula is C19H25N3O4. The Bertz CT molecular complexity index is 674. The summed E-state index contributed by atoms with van der Waals surface area (Å²) in [4.78, 5) is 36.1. The van der Waals surface area contributed by atoms with E-state index >= 15 is 0 Å². The van der Waals surface area contributed by atoms with Crippen molar-refractivity contribution < 1.29 is 19.1 Å². The molecule has 1 saturated carbocycles. The normalized spacial score (nSPS) is 25.0. The van der Waals surface area contributed by atoms with E-state index in [-0.39, 0.29) is 30.3 Å². The quantitative estimate of drug-likeness (QED) is 0.694. The zero-order valence-corrected chi connectivity index (χ0v) is 14.9. The van der Waals surface area contributed by atoms with Gasteiger partial charge < -0.3 is 20.7 Å². The minimum atomic E-state index is -0.506. The van der Waals surface area contributed by atoms with E-state index in [4.69, 9.17) is 4.74 Å². The molecule has 7 heteroatoms. The summed E-state index contributed by atoms with van der Waals surface area (Å²) in [6, 6.07) is 6.44. The monoisotopic (exact) mass is 359 g/mol. The fourth-order valence-corrected chi connectivity index (χ4v) is 3.57. The van der Waals surface area contributed by atoms with Crippen molar-refractivity contribution in [2.75, 3.05) is 11.9 Å². The van der Waals surface area contributed by atoms with Crippen molar-refractivity contribution in [1.82, 2.24) is 10.6 Å². The number of amides is 2. The van der Waals surface area contributed by atoms with Crippen LogP contribution in [0.1, 0.15) is 49.4 Å². The van der Waals surface area contributed by atoms with E-state index in [1.54, 1.807) is 31.2 Å². The fraction of sp³-hybridized carbons (Fsp3) is 0.526. The van der Waals surface area contributed by atoms with Gasteiger partial charge in [-0.3, -0.25) is 9.59 Å². The summed E-state index contributed by atoms with van der Waals surface area (Å²) in [5.74, 6) is -0.743. The summed E-state index contributed by atoms with van der Waals surface area (Å²) in [7, 11) is 0. The van der Waals surface area contributed by atoms with E-state index in [2.05, 4.69) is 16.0 Å². The highest BCUT2D eigenvalue weighted by Gasteiger charge is 2.36. The number of hydrogen-bond acceptors (Lipinski definition) is 5. The third-order valence-corrected chi connectivity index (χ3v) is 4.89. The number of carbonyl (C=O) groups excluding carboxylic acids is 3. The Labute approximate surface area is 152 Å². The molecule has 3 rings (SSSR count). The van der Waals surface area contributed by atoms with Crippen LogP contribution in [0.3, 0.4) is 0 Å². The summed E-state index contributed by atoms with van der Waals surface area (Å²) in [5, 5.41) is 9.13. The van der Waals surface area contributed by atoms with Crippen LogP contribution in [-0.4, -0.2) is 42.5 Å². The van der Waals surface area contributed by atoms with Crippen LogP contribution < -0.4 is 16.0 Å². The molecule has 1 saturated heterocycles. The first-order valence-electron chi connectivity index (χ1n) is 9.20. The largest absolute Gasteiger partial charge is 0.462 e. The van der Waals surface area contributed by atoms with Crippen LogP contribution in [0, 0.1) is 0 Å². The van der Waals surface area contributed by atoms with Gasteiger partial charge in [0.05, 0.1) is 24.6 Å². The topological polar surface area (TPSA) is 96.5 Å². The summed E-state index contributed by atoms with van der Waals surface area (Å²) in [6.45, 7) is 2.06. The van der Waals surface area contributed by atoms with Crippen LogP contribution in [0.5, 0.6) is 0 Å². The molecular weight excluding hydrogens is 334 g/mol. The molecule has 0 spiro atoms. The molecule has 0 bridgehead atoms. The average Bonchev–Trinajstić information content (AvgIpc) is 2.63. The third-order valence-electron chi connectivity index (χ3n) is 4.89. The van der Waals surface area contributed by atoms with E-state index in [1.807, 2.05) is 0 Å². The number of hydrogen-bond donors (Lipinski definition) is 3. The summed E-state index contributed by atoms with van der Waals surface area (Å²) in [5.41, 5.74) is 1.01. The molecule has 2 aliphatic rings. The lowest BCUT2D eigenvalue weighted by Crippen LogP contribution is -2.65. The van der Waals surface area contributed by atoms with Crippen LogP contribution in [0.4, 0.5) is 5.69 Å². The van der Waals surface area contributed by atoms with Gasteiger partial charge in [0.15, 0.2) is 0 Å². The van der Waals surface area contributed by atoms with Crippen molar-refractivity contribution in [3.63, 3.8) is 0 Å². The molecule has 7 nitrogen and oxygen atoms in total. The zero-order chi connectivity index (χ0) is 18.5. The molecule has 1 aliphatic carbocycles. The molecule has 3 N–H and O–H groups in total. The van der Waals surface area contributed by atoms with Crippen molar-refractivity contribution in [3.8, 4) is 0 Å². The Hall–Kier alpha value is -2.41. The molecule has 0 radical (unpaired) electrons. The van der Waals surface area contributed by atoms with Gasteiger partial charge in [-0.2, -0.15) is 0 Å². The van der Waals surface area contributed by atoms with E-state index in [0.29, 0.717) is 17.9 Å². The molecule has 1 aromatic rings. The maximum absolute atomic E-state index is 12.3. The van der Waals surface area contributed by atoms with E-state index < -0.39 is 12.0 Å². The lowest BCUT2D eigenvalue weighted by atomic mass is 9.87. The van der Waals surface area contributed by atoms with E-state index in [9.17, 15) is 14.4 Å². The van der Waals surface area contributed by atoms with Crippen molar-refractivity contribution >= 4 is 23.5 Å². The second-order valence-electron chi connectivity index (χ2n) is 6.78. The van der Waals surface area contributed by atoms with Crippen molar-refractivity contribution in [2.24, 2.45) is 0 Å². The van der Waals surface area contributed by atoms with E-state index in [1.165, 1.54) is 0 Å². The highest BCUT2D eigenvalue weighted by Crippen LogP contribution is 2.22. The van der Waals surface area contributed by atoms with Crippen molar-refractivity contribution in [2.45, 2.75) is 57.2 Å². The molecule has 140 valence electrons. The van der Waals surface area contributed by atoms with Crippen molar-refractivity contribution in [1.29, 1.82) is 0 Å². The Morgan fingerprint density at radius 3 is 2.54 bits per heavy atom. The van der Waals surface area contributed by atoms with Gasteiger partial charge in [-0.05, 0) is 44.0 Å². The number of ether oxygens (including phenoxy) is 1. The Morgan fingerprint density at radius 1 is 1.15 bits per heavy atom. The summed E-state index contributed by atoms with van der Waals surface area (Å²) < 4.78 is 4.93. The number of piperazine rings is 1. The summed E-state index contributed by atoms with van der Waals surface area (Å²) in [6.07, 6.45) is 4.38. The molecule has 0 unspecified atom stereocenters. The van der Waals surface area contributed by atoms with Crippen LogP contribution in [0.25, 0.3) is 0 Å². The predicted molar refractivity (Wildman–Crippen MR) is 96.8 cm³/mol. The van der Waals surface area contributed by atoms with Gasteiger partial charge >= 0.3 is 5.97 Å². The maximum atomic E-state index is 12.3. The van der Waals surface area contributed by atoms with Crippen LogP contribution in [0.15, 0.2) is 24.3 Å². The van der Waals surface area contributed by atoms with E-state index in [0.717, 1.165) is 25.7 Å². The Kier molecular flexibility index (Phi) is 5.88. The molecule has 1 aromatic carbocycles. The molecule has 1 aliphatic heterocycles. The number of esters is 1. The predicted octanol–water partition coefficient (Wildman–Crippen LogP) is 1.59. The van der Waals surface area contributed by atoms with Gasteiger partial charge in [0.1, 0.15) is 0 Å². The molecule has 1 heterocycles. The first-order valence-corrected chi connectivity index (χ1v) is 9.20. The second-order valence-corrected chi connectivity index (χ2v) is 6.78. The lowest BCUT2D eigenvalue weighted by molar-refractivity contribution is -0.129. The zero-order valence-electron chi connectivity index (χ0n) is 14.9. The van der Waals surface area contributed by atoms with Crippen molar-refractivity contribution in [3.05, 3.63) is 29.8 Å². The minimum absolute atomic E-state index is 0.0781. The van der Waals surface area contributed by atoms with Crippen LogP contribution in [-0.2, 0) is 14.3 Å². The first kappa shape index (κ1) is 18.4. The summed E-state index contributed by atoms with van der Waals surface area (Å²) >= 11 is 0. The minimum Gasteiger partial charge on any atom is -0.462 e. The van der Waals surface area contributed by atoms with Crippen LogP contribution in [0.2, 0.25) is 0 Å². The smallest absolute Gasteiger partial charge is 0.338 e. The molecule has 26 heavy (non-hydrogen) atoms. The second kappa shape index (κ2) is 8.31. The fourth-order valence-electron chi connectivity index (χ4n) is 3.57. The molecule has 3 atom stereocenters. The van der Waals surface area contributed by atoms with Gasteiger partial charge in [-0.1, -0.05) is 12.8 Å². The highest BCUT2D eigenvalue weighted by molar-refractivity contribution is 5.96. The number of rotatable bonds is 5. The molecule has 2 amide bonds. The van der Waals surface area contributed by atoms with Gasteiger partial charge in [-0.25, -0.2) is 4.79 Å². The lowest BCUT2D eigenvalue weighted by Gasteiger charge is -2.40. The standard InChI is InChI=1S/C19H25N3O4/c1-2-26-19(25)12-7-9-13(10-8-12)20-17(23)11-16-18(24)22-15-6-4-3-5-14(15)21-16/h7-10,14-16,21H,2-6,11H2,1H3,(H,20,23)(H,22,24)/t14-,15-,16-/m0/s1. The SMILES string of the molecule is CCOC(=O)c1ccc(NC(=O)C[C@@H]2N[C@H]3CCCC[C@@H]3NC2=O)cc1. The number of benzene rings is 1. The average molecular weight is 359 g/mol. The van der Waals surface area contributed by atoms with Gasteiger partial charge in [0.2, 0.25) is 11.8 Å². The number of fused-ring (bicyclic) bond motifs is 1. The van der Waals surface area contributed by atoms with Gasteiger partial charge in [0, 0.05) is 17.8 Å². The first-order chi connectivity index (χ1) is 12.6. The Balaban J connectivity index is 1.53. The van der Waals surface area contributed by atoms with Crippen LogP contribution >= 0.6 is 0 Å². The highest BCUT2D eigenvalue weighted by atomic mass is 16.5.